The number of carboxylic acids is 1. The van der Waals surface area contributed by atoms with Crippen LogP contribution in [0.3, 0.4) is 0 Å². The molecule has 2 N–H and O–H groups in total. The van der Waals surface area contributed by atoms with Gasteiger partial charge in [0.25, 0.3) is 5.91 Å². The number of aromatic nitrogens is 2. The second-order valence-corrected chi connectivity index (χ2v) is 17.1. The van der Waals surface area contributed by atoms with E-state index in [1.54, 1.807) is 0 Å². The molecule has 1 saturated heterocycles. The Balaban J connectivity index is 1.00. The number of benzene rings is 3. The first-order valence-corrected chi connectivity index (χ1v) is 21.8. The molecule has 0 bridgehead atoms. The lowest BCUT2D eigenvalue weighted by atomic mass is 9.71. The van der Waals surface area contributed by atoms with E-state index < -0.39 is 41.9 Å². The average Bonchev–Trinajstić information content (AvgIpc) is 3.81. The van der Waals surface area contributed by atoms with Gasteiger partial charge in [-0.05, 0) is 109 Å². The number of nitrogens with one attached hydrogen (secondary N) is 1. The van der Waals surface area contributed by atoms with Gasteiger partial charge in [0, 0.05) is 54.4 Å². The third-order valence-electron chi connectivity index (χ3n) is 13.1. The zero-order valence-electron chi connectivity index (χ0n) is 35.7. The normalized spacial score (nSPS) is 20.1. The first-order chi connectivity index (χ1) is 30.3. The fourth-order valence-corrected chi connectivity index (χ4v) is 9.24. The van der Waals surface area contributed by atoms with E-state index in [1.807, 2.05) is 36.7 Å². The summed E-state index contributed by atoms with van der Waals surface area (Å²) in [6.07, 6.45) is 11.3. The summed E-state index contributed by atoms with van der Waals surface area (Å²) in [7, 11) is 1.25. The maximum Gasteiger partial charge on any atom is 0.416 e. The van der Waals surface area contributed by atoms with Gasteiger partial charge in [-0.15, -0.1) is 0 Å². The lowest BCUT2D eigenvalue weighted by Crippen LogP contribution is -2.42. The van der Waals surface area contributed by atoms with E-state index in [2.05, 4.69) is 18.3 Å². The van der Waals surface area contributed by atoms with E-state index in [0.29, 0.717) is 12.2 Å². The predicted molar refractivity (Wildman–Crippen MR) is 232 cm³/mol. The van der Waals surface area contributed by atoms with Crippen LogP contribution < -0.4 is 10.1 Å². The van der Waals surface area contributed by atoms with Crippen molar-refractivity contribution in [1.82, 2.24) is 19.8 Å². The minimum absolute atomic E-state index is 0.0133. The number of allylic oxidation sites excluding steroid dienone is 2. The zero-order valence-corrected chi connectivity index (χ0v) is 35.7. The van der Waals surface area contributed by atoms with Crippen LogP contribution in [-0.4, -0.2) is 75.3 Å². The number of alkyl halides is 3. The standard InChI is InChI=1S/C49H54F3N5O6/c1-3-31-4-8-33(9-5-31)34-12-14-35(15-13-34)40-26-53-46(54-27-40)36-10-6-32(7-11-36)28-57(30-45(59)56-23-22-39(29-56)48(61)62)47(60)37-16-19-41(20-17-37)55-44(58)24-38-18-21-42(63-2)25-43(38)49(50,51)52/h6-7,10-11,14,16-21,25-27,31,33-34,39H,3-5,8-9,12-13,15,22-24,28-30H2,1-2H3,(H,55,58)(H,61,62)/t31?,33?,34?,39-/m0/s1. The number of hydrogen-bond donors (Lipinski definition) is 2. The molecule has 1 aromatic heterocycles. The van der Waals surface area contributed by atoms with Crippen LogP contribution in [0.4, 0.5) is 18.9 Å². The minimum atomic E-state index is -4.70. The van der Waals surface area contributed by atoms with Gasteiger partial charge in [-0.2, -0.15) is 13.2 Å². The second kappa shape index (κ2) is 20.0. The summed E-state index contributed by atoms with van der Waals surface area (Å²) in [5, 5.41) is 12.1. The molecular weight excluding hydrogens is 812 g/mol. The molecule has 1 saturated carbocycles. The third-order valence-corrected chi connectivity index (χ3v) is 13.1. The molecule has 332 valence electrons. The summed E-state index contributed by atoms with van der Waals surface area (Å²) in [5.74, 6) is -0.144. The maximum atomic E-state index is 14.0. The highest BCUT2D eigenvalue weighted by molar-refractivity contribution is 5.98. The lowest BCUT2D eigenvalue weighted by molar-refractivity contribution is -0.141. The lowest BCUT2D eigenvalue weighted by Gasteiger charge is -2.35. The molecule has 1 aliphatic heterocycles. The number of ether oxygens (including phenoxy) is 1. The first kappa shape index (κ1) is 45.0. The van der Waals surface area contributed by atoms with E-state index in [0.717, 1.165) is 53.4 Å². The summed E-state index contributed by atoms with van der Waals surface area (Å²) >= 11 is 0. The summed E-state index contributed by atoms with van der Waals surface area (Å²) in [6.45, 7) is 2.37. The molecule has 11 nitrogen and oxygen atoms in total. The van der Waals surface area contributed by atoms with E-state index in [1.165, 1.54) is 97.4 Å². The molecule has 1 unspecified atom stereocenters. The fraction of sp³-hybridized carbons (Fsp3) is 0.429. The molecule has 2 atom stereocenters. The highest BCUT2D eigenvalue weighted by Crippen LogP contribution is 2.42. The molecule has 2 aliphatic carbocycles. The quantitative estimate of drug-likeness (QED) is 0.128. The van der Waals surface area contributed by atoms with Crippen LogP contribution in [0.2, 0.25) is 0 Å². The van der Waals surface area contributed by atoms with Crippen molar-refractivity contribution in [2.75, 3.05) is 32.1 Å². The molecule has 14 heteroatoms. The van der Waals surface area contributed by atoms with Crippen LogP contribution in [-0.2, 0) is 33.5 Å². The molecule has 63 heavy (non-hydrogen) atoms. The number of carboxylic acid groups (broad SMARTS) is 1. The summed E-state index contributed by atoms with van der Waals surface area (Å²) < 4.78 is 46.1. The zero-order chi connectivity index (χ0) is 44.7. The Hall–Kier alpha value is -6.05. The maximum absolute atomic E-state index is 14.0. The van der Waals surface area contributed by atoms with Crippen molar-refractivity contribution in [3.8, 4) is 17.1 Å². The topological polar surface area (TPSA) is 142 Å². The Bertz CT molecular complexity index is 2290. The molecule has 7 rings (SSSR count). The van der Waals surface area contributed by atoms with Gasteiger partial charge < -0.3 is 25.0 Å². The van der Waals surface area contributed by atoms with Gasteiger partial charge >= 0.3 is 12.1 Å². The Morgan fingerprint density at radius 1 is 0.889 bits per heavy atom. The number of amides is 3. The van der Waals surface area contributed by atoms with Gasteiger partial charge in [0.1, 0.15) is 12.3 Å². The van der Waals surface area contributed by atoms with Crippen molar-refractivity contribution in [2.24, 2.45) is 23.7 Å². The SMILES string of the molecule is CCC1CCC(C2CC=C(c3cnc(-c4ccc(CN(CC(=O)N5CC[C@H](C(=O)O)C5)C(=O)c5ccc(NC(=O)Cc6ccc(OC)cc6C(F)(F)F)cc5)cc4)nc3)CC2)CC1. The molecule has 3 aromatic carbocycles. The van der Waals surface area contributed by atoms with Crippen LogP contribution >= 0.6 is 0 Å². The van der Waals surface area contributed by atoms with Crippen LogP contribution in [0, 0.1) is 23.7 Å². The first-order valence-electron chi connectivity index (χ1n) is 21.8. The van der Waals surface area contributed by atoms with Crippen LogP contribution in [0.15, 0.2) is 85.2 Å². The molecule has 2 heterocycles. The van der Waals surface area contributed by atoms with E-state index >= 15 is 0 Å². The number of aliphatic carboxylic acids is 1. The molecule has 2 fully saturated rings. The number of nitrogens with zero attached hydrogens (tertiary/aromatic N) is 4. The van der Waals surface area contributed by atoms with Gasteiger partial charge in [-0.1, -0.05) is 62.6 Å². The summed E-state index contributed by atoms with van der Waals surface area (Å²) in [4.78, 5) is 64.2. The average molecular weight is 866 g/mol. The van der Waals surface area contributed by atoms with Crippen molar-refractivity contribution in [3.05, 3.63) is 113 Å². The van der Waals surface area contributed by atoms with Crippen molar-refractivity contribution in [3.63, 3.8) is 0 Å². The van der Waals surface area contributed by atoms with Gasteiger partial charge in [0.2, 0.25) is 11.8 Å². The van der Waals surface area contributed by atoms with Crippen molar-refractivity contribution >= 4 is 35.0 Å². The van der Waals surface area contributed by atoms with Crippen molar-refractivity contribution in [1.29, 1.82) is 0 Å². The highest BCUT2D eigenvalue weighted by Gasteiger charge is 2.35. The Morgan fingerprint density at radius 2 is 1.60 bits per heavy atom. The number of carbonyl (C=O) groups excluding carboxylic acids is 3. The molecule has 3 amide bonds. The molecule has 4 aromatic rings. The van der Waals surface area contributed by atoms with Gasteiger partial charge in [0.15, 0.2) is 5.82 Å². The van der Waals surface area contributed by atoms with Crippen LogP contribution in [0.1, 0.15) is 97.3 Å². The number of anilines is 1. The summed E-state index contributed by atoms with van der Waals surface area (Å²) in [5.41, 5.74) is 3.12. The Kier molecular flexibility index (Phi) is 14.3. The van der Waals surface area contributed by atoms with Gasteiger partial charge in [-0.3, -0.25) is 19.2 Å². The largest absolute Gasteiger partial charge is 0.497 e. The van der Waals surface area contributed by atoms with Gasteiger partial charge in [0.05, 0.1) is 25.0 Å². The van der Waals surface area contributed by atoms with E-state index in [4.69, 9.17) is 14.7 Å². The van der Waals surface area contributed by atoms with Crippen molar-refractivity contribution < 1.29 is 42.2 Å². The number of likely N-dealkylation sites (tertiary alicyclic amines) is 1. The third kappa shape index (κ3) is 11.3. The van der Waals surface area contributed by atoms with E-state index in [-0.39, 0.29) is 54.7 Å². The molecule has 3 aliphatic rings. The minimum Gasteiger partial charge on any atom is -0.497 e. The number of halogens is 3. The van der Waals surface area contributed by atoms with Crippen molar-refractivity contribution in [2.45, 2.75) is 83.9 Å². The number of carbonyl (C=O) groups is 4. The molecule has 0 radical (unpaired) electrons. The van der Waals surface area contributed by atoms with Crippen LogP contribution in [0.5, 0.6) is 5.75 Å². The second-order valence-electron chi connectivity index (χ2n) is 17.1. The number of hydrogen-bond acceptors (Lipinski definition) is 7. The van der Waals surface area contributed by atoms with E-state index in [9.17, 15) is 37.5 Å². The monoisotopic (exact) mass is 865 g/mol. The Labute approximate surface area is 365 Å². The molecule has 0 spiro atoms. The van der Waals surface area contributed by atoms with Crippen LogP contribution in [0.25, 0.3) is 17.0 Å². The summed E-state index contributed by atoms with van der Waals surface area (Å²) in [6, 6.07) is 16.7. The smallest absolute Gasteiger partial charge is 0.416 e. The highest BCUT2D eigenvalue weighted by atomic mass is 19.4. The Morgan fingerprint density at radius 3 is 2.21 bits per heavy atom. The fourth-order valence-electron chi connectivity index (χ4n) is 9.24. The molecular formula is C49H54F3N5O6. The number of rotatable bonds is 14. The number of methoxy groups -OCH3 is 1. The predicted octanol–water partition coefficient (Wildman–Crippen LogP) is 9.33. The van der Waals surface area contributed by atoms with Gasteiger partial charge in [-0.25, -0.2) is 9.97 Å².